The first-order valence-electron chi connectivity index (χ1n) is 7.69. The van der Waals surface area contributed by atoms with E-state index in [1.807, 2.05) is 57.2 Å². The van der Waals surface area contributed by atoms with E-state index in [-0.39, 0.29) is 11.4 Å². The zero-order valence-corrected chi connectivity index (χ0v) is 15.0. The van der Waals surface area contributed by atoms with Gasteiger partial charge in [0, 0.05) is 11.6 Å². The van der Waals surface area contributed by atoms with Crippen molar-refractivity contribution in [1.82, 2.24) is 4.31 Å². The van der Waals surface area contributed by atoms with Crippen LogP contribution in [0.15, 0.2) is 71.1 Å². The van der Waals surface area contributed by atoms with Gasteiger partial charge in [-0.2, -0.15) is 0 Å². The number of hydrogen-bond donors (Lipinski definition) is 0. The van der Waals surface area contributed by atoms with Gasteiger partial charge in [-0.15, -0.1) is 0 Å². The summed E-state index contributed by atoms with van der Waals surface area (Å²) < 4.78 is 26.9. The zero-order valence-electron chi connectivity index (χ0n) is 14.2. The highest BCUT2D eigenvalue weighted by Crippen LogP contribution is 2.16. The fraction of sp³-hybridized carbons (Fsp3) is 0.200. The summed E-state index contributed by atoms with van der Waals surface area (Å²) in [5.41, 5.74) is 2.83. The van der Waals surface area contributed by atoms with E-state index in [0.29, 0.717) is 0 Å². The van der Waals surface area contributed by atoms with Crippen molar-refractivity contribution in [2.24, 2.45) is 0 Å². The van der Waals surface area contributed by atoms with E-state index >= 15 is 0 Å². The van der Waals surface area contributed by atoms with Gasteiger partial charge in [0.05, 0.1) is 11.4 Å². The lowest BCUT2D eigenvalue weighted by molar-refractivity contribution is 0.532. The van der Waals surface area contributed by atoms with Gasteiger partial charge in [-0.3, -0.25) is 0 Å². The highest BCUT2D eigenvalue weighted by molar-refractivity contribution is 7.89. The third-order valence-electron chi connectivity index (χ3n) is 3.37. The van der Waals surface area contributed by atoms with Crippen molar-refractivity contribution in [2.45, 2.75) is 25.7 Å². The molecule has 124 valence electrons. The second kappa shape index (κ2) is 7.85. The second-order valence-electron chi connectivity index (χ2n) is 5.73. The minimum absolute atomic E-state index is 0.221. The highest BCUT2D eigenvalue weighted by Gasteiger charge is 2.21. The molecule has 0 aliphatic carbocycles. The molecule has 3 nitrogen and oxygen atoms in total. The van der Waals surface area contributed by atoms with Crippen molar-refractivity contribution in [3.63, 3.8) is 0 Å². The van der Waals surface area contributed by atoms with E-state index in [1.54, 1.807) is 24.3 Å². The van der Waals surface area contributed by atoms with Crippen molar-refractivity contribution < 1.29 is 8.42 Å². The van der Waals surface area contributed by atoms with Crippen LogP contribution in [0.4, 0.5) is 0 Å². The van der Waals surface area contributed by atoms with Crippen molar-refractivity contribution in [1.29, 1.82) is 0 Å². The molecule has 0 bridgehead atoms. The topological polar surface area (TPSA) is 37.4 Å². The maximum absolute atomic E-state index is 12.9. The number of rotatable bonds is 4. The third-order valence-corrected chi connectivity index (χ3v) is 5.06. The fourth-order valence-electron chi connectivity index (χ4n) is 1.96. The quantitative estimate of drug-likeness (QED) is 0.480. The van der Waals surface area contributed by atoms with Gasteiger partial charge >= 0.3 is 0 Å². The van der Waals surface area contributed by atoms with Gasteiger partial charge in [0.2, 0.25) is 0 Å². The number of nitrogens with zero attached hydrogens (tertiary/aromatic N) is 1. The summed E-state index contributed by atoms with van der Waals surface area (Å²) in [5.74, 6) is 2.92. The smallest absolute Gasteiger partial charge is 0.220 e. The van der Waals surface area contributed by atoms with Crippen LogP contribution in [0.5, 0.6) is 0 Å². The predicted octanol–water partition coefficient (Wildman–Crippen LogP) is 3.96. The van der Waals surface area contributed by atoms with E-state index in [0.717, 1.165) is 16.7 Å². The average molecular weight is 339 g/mol. The Morgan fingerprint density at radius 1 is 1.04 bits per heavy atom. The Morgan fingerprint density at radius 2 is 1.67 bits per heavy atom. The van der Waals surface area contributed by atoms with Crippen LogP contribution in [-0.2, 0) is 10.0 Å². The molecule has 0 saturated carbocycles. The van der Waals surface area contributed by atoms with E-state index in [2.05, 4.69) is 12.0 Å². The van der Waals surface area contributed by atoms with Crippen LogP contribution in [0, 0.1) is 18.9 Å². The van der Waals surface area contributed by atoms with Crippen LogP contribution in [0.3, 0.4) is 0 Å². The van der Waals surface area contributed by atoms with E-state index < -0.39 is 10.0 Å². The largest absolute Gasteiger partial charge is 0.271 e. The number of benzene rings is 2. The first-order valence-corrected chi connectivity index (χ1v) is 9.13. The maximum Gasteiger partial charge on any atom is 0.271 e. The molecule has 2 aromatic rings. The Labute approximate surface area is 144 Å². The van der Waals surface area contributed by atoms with Crippen molar-refractivity contribution >= 4 is 10.0 Å². The van der Waals surface area contributed by atoms with E-state index in [1.165, 1.54) is 4.31 Å². The highest BCUT2D eigenvalue weighted by atomic mass is 32.2. The minimum atomic E-state index is -3.67. The molecule has 0 unspecified atom stereocenters. The van der Waals surface area contributed by atoms with Crippen LogP contribution in [0.1, 0.15) is 25.0 Å². The maximum atomic E-state index is 12.9. The molecule has 2 rings (SSSR count). The summed E-state index contributed by atoms with van der Waals surface area (Å²) in [5, 5.41) is 0. The van der Waals surface area contributed by atoms with Crippen LogP contribution in [-0.4, -0.2) is 19.3 Å². The van der Waals surface area contributed by atoms with Gasteiger partial charge < -0.3 is 0 Å². The van der Waals surface area contributed by atoms with Gasteiger partial charge in [-0.05, 0) is 51.0 Å². The molecule has 0 spiro atoms. The summed E-state index contributed by atoms with van der Waals surface area (Å²) in [6.07, 6.45) is 1.85. The summed E-state index contributed by atoms with van der Waals surface area (Å²) in [7, 11) is -3.67. The van der Waals surface area contributed by atoms with Crippen molar-refractivity contribution in [3.8, 4) is 12.0 Å². The average Bonchev–Trinajstić information content (AvgIpc) is 2.55. The molecule has 0 radical (unpaired) electrons. The molecule has 0 saturated heterocycles. The van der Waals surface area contributed by atoms with Crippen LogP contribution < -0.4 is 0 Å². The normalized spacial score (nSPS) is 10.5. The van der Waals surface area contributed by atoms with Crippen molar-refractivity contribution in [2.75, 3.05) is 6.54 Å². The molecule has 0 heterocycles. The zero-order chi connectivity index (χ0) is 17.6. The van der Waals surface area contributed by atoms with Gasteiger partial charge in [-0.25, -0.2) is 12.7 Å². The van der Waals surface area contributed by atoms with Gasteiger partial charge in [0.15, 0.2) is 0 Å². The molecule has 0 aliphatic heterocycles. The molecule has 2 aromatic carbocycles. The Hall–Kier alpha value is -2.51. The third kappa shape index (κ3) is 4.74. The Kier molecular flexibility index (Phi) is 5.83. The molecule has 0 N–H and O–H groups in total. The van der Waals surface area contributed by atoms with Gasteiger partial charge in [0.25, 0.3) is 10.0 Å². The molecule has 0 amide bonds. The van der Waals surface area contributed by atoms with Gasteiger partial charge in [0.1, 0.15) is 0 Å². The minimum Gasteiger partial charge on any atom is -0.220 e. The van der Waals surface area contributed by atoms with E-state index in [9.17, 15) is 8.42 Å². The first kappa shape index (κ1) is 17.8. The number of sulfonamides is 1. The predicted molar refractivity (Wildman–Crippen MR) is 97.8 cm³/mol. The summed E-state index contributed by atoms with van der Waals surface area (Å²) >= 11 is 0. The Morgan fingerprint density at radius 3 is 2.25 bits per heavy atom. The van der Waals surface area contributed by atoms with Crippen molar-refractivity contribution in [3.05, 3.63) is 77.4 Å². The van der Waals surface area contributed by atoms with E-state index in [4.69, 9.17) is 0 Å². The fourth-order valence-corrected chi connectivity index (χ4v) is 3.13. The van der Waals surface area contributed by atoms with Crippen LogP contribution in [0.2, 0.25) is 0 Å². The second-order valence-corrected chi connectivity index (χ2v) is 7.60. The van der Waals surface area contributed by atoms with Crippen LogP contribution >= 0.6 is 0 Å². The molecule has 0 aromatic heterocycles. The standard InChI is InChI=1S/C20H21NO2S/c1-17(2)13-15-21(16-14-19-7-5-4-6-8-19)24(22,23)20-11-9-18(3)10-12-20/h4-13H,15H2,1-3H3. The lowest BCUT2D eigenvalue weighted by Gasteiger charge is -2.16. The summed E-state index contributed by atoms with van der Waals surface area (Å²) in [4.78, 5) is 0.248. The SMILES string of the molecule is CC(C)=CCN(C#Cc1ccccc1)S(=O)(=O)c1ccc(C)cc1. The lowest BCUT2D eigenvalue weighted by Crippen LogP contribution is -2.27. The molecule has 24 heavy (non-hydrogen) atoms. The Balaban J connectivity index is 2.40. The summed E-state index contributed by atoms with van der Waals surface area (Å²) in [6, 6.07) is 19.0. The Bertz CT molecular complexity index is 867. The first-order chi connectivity index (χ1) is 11.4. The number of hydrogen-bond acceptors (Lipinski definition) is 2. The number of allylic oxidation sites excluding steroid dienone is 1. The monoisotopic (exact) mass is 339 g/mol. The molecule has 0 atom stereocenters. The van der Waals surface area contributed by atoms with Crippen LogP contribution in [0.25, 0.3) is 0 Å². The summed E-state index contributed by atoms with van der Waals surface area (Å²) in [6.45, 7) is 6.01. The molecule has 0 aliphatic rings. The molecule has 0 fully saturated rings. The molecule has 4 heteroatoms. The lowest BCUT2D eigenvalue weighted by atomic mass is 10.2. The number of aryl methyl sites for hydroxylation is 1. The molecular weight excluding hydrogens is 318 g/mol. The van der Waals surface area contributed by atoms with Gasteiger partial charge in [-0.1, -0.05) is 47.5 Å². The molecular formula is C20H21NO2S.